The van der Waals surface area contributed by atoms with Gasteiger partial charge in [-0.2, -0.15) is 0 Å². The van der Waals surface area contributed by atoms with E-state index in [1.807, 2.05) is 78.9 Å². The van der Waals surface area contributed by atoms with Crippen LogP contribution in [0.15, 0.2) is 83.9 Å². The van der Waals surface area contributed by atoms with Crippen molar-refractivity contribution in [1.82, 2.24) is 0 Å². The van der Waals surface area contributed by atoms with Crippen LogP contribution in [-0.4, -0.2) is 13.1 Å². The highest BCUT2D eigenvalue weighted by molar-refractivity contribution is 5.92. The molecule has 5 nitrogen and oxygen atoms in total. The van der Waals surface area contributed by atoms with Crippen LogP contribution in [-0.2, 0) is 13.2 Å². The first kappa shape index (κ1) is 18.3. The minimum Gasteiger partial charge on any atom is -0.497 e. The lowest BCUT2D eigenvalue weighted by molar-refractivity contribution is 0.306. The highest BCUT2D eigenvalue weighted by Crippen LogP contribution is 2.17. The quantitative estimate of drug-likeness (QED) is 0.489. The molecule has 0 bridgehead atoms. The van der Waals surface area contributed by atoms with E-state index in [-0.39, 0.29) is 0 Å². The number of anilines is 1. The lowest BCUT2D eigenvalue weighted by atomic mass is 10.2. The predicted octanol–water partition coefficient (Wildman–Crippen LogP) is 4.20. The van der Waals surface area contributed by atoms with Gasteiger partial charge in [0, 0.05) is 5.69 Å². The van der Waals surface area contributed by atoms with Gasteiger partial charge >= 0.3 is 0 Å². The molecule has 0 heterocycles. The molecule has 0 aromatic heterocycles. The van der Waals surface area contributed by atoms with Crippen molar-refractivity contribution in [2.45, 2.75) is 13.2 Å². The highest BCUT2D eigenvalue weighted by Gasteiger charge is 2.00. The number of hydrogen-bond donors (Lipinski definition) is 2. The molecule has 0 saturated heterocycles. The molecule has 0 spiro atoms. The van der Waals surface area contributed by atoms with Crippen LogP contribution in [0.5, 0.6) is 11.5 Å². The number of guanidine groups is 1. The van der Waals surface area contributed by atoms with Gasteiger partial charge in [0.15, 0.2) is 5.96 Å². The van der Waals surface area contributed by atoms with Crippen LogP contribution in [0.4, 0.5) is 5.69 Å². The first-order valence-electron chi connectivity index (χ1n) is 8.69. The summed E-state index contributed by atoms with van der Waals surface area (Å²) in [5.74, 6) is 1.97. The van der Waals surface area contributed by atoms with Crippen molar-refractivity contribution in [2.75, 3.05) is 12.4 Å². The Morgan fingerprint density at radius 1 is 0.889 bits per heavy atom. The summed E-state index contributed by atoms with van der Waals surface area (Å²) in [4.78, 5) is 4.39. The molecule has 0 fully saturated rings. The Kier molecular flexibility index (Phi) is 6.30. The summed E-state index contributed by atoms with van der Waals surface area (Å²) in [5.41, 5.74) is 8.99. The predicted molar refractivity (Wildman–Crippen MR) is 109 cm³/mol. The normalized spacial score (nSPS) is 11.1. The van der Waals surface area contributed by atoms with Crippen LogP contribution in [0.1, 0.15) is 11.1 Å². The van der Waals surface area contributed by atoms with Crippen molar-refractivity contribution in [3.63, 3.8) is 0 Å². The summed E-state index contributed by atoms with van der Waals surface area (Å²) < 4.78 is 11.0. The SMILES string of the molecule is COc1ccc(NC(N)=NCc2cccc(OCc3ccccc3)c2)cc1. The Balaban J connectivity index is 1.55. The van der Waals surface area contributed by atoms with Crippen LogP contribution in [0.3, 0.4) is 0 Å². The third-order valence-corrected chi connectivity index (χ3v) is 3.94. The topological polar surface area (TPSA) is 68.9 Å². The Morgan fingerprint density at radius 2 is 1.63 bits per heavy atom. The lowest BCUT2D eigenvalue weighted by Crippen LogP contribution is -2.22. The average molecular weight is 361 g/mol. The second-order valence-corrected chi connectivity index (χ2v) is 5.98. The Morgan fingerprint density at radius 3 is 2.37 bits per heavy atom. The van der Waals surface area contributed by atoms with Gasteiger partial charge in [-0.1, -0.05) is 42.5 Å². The number of nitrogens with one attached hydrogen (secondary N) is 1. The number of hydrogen-bond acceptors (Lipinski definition) is 3. The maximum atomic E-state index is 5.97. The van der Waals surface area contributed by atoms with Crippen LogP contribution in [0, 0.1) is 0 Å². The molecule has 3 aromatic rings. The van der Waals surface area contributed by atoms with Crippen molar-refractivity contribution < 1.29 is 9.47 Å². The summed E-state index contributed by atoms with van der Waals surface area (Å²) in [6, 6.07) is 25.5. The van der Waals surface area contributed by atoms with Gasteiger partial charge in [0.05, 0.1) is 13.7 Å². The fraction of sp³-hybridized carbons (Fsp3) is 0.136. The Labute approximate surface area is 159 Å². The zero-order chi connectivity index (χ0) is 18.9. The fourth-order valence-electron chi connectivity index (χ4n) is 2.51. The van der Waals surface area contributed by atoms with Crippen molar-refractivity contribution >= 4 is 11.6 Å². The van der Waals surface area contributed by atoms with E-state index in [2.05, 4.69) is 10.3 Å². The maximum absolute atomic E-state index is 5.97. The van der Waals surface area contributed by atoms with E-state index >= 15 is 0 Å². The van der Waals surface area contributed by atoms with E-state index in [0.29, 0.717) is 19.1 Å². The van der Waals surface area contributed by atoms with Gasteiger partial charge in [0.25, 0.3) is 0 Å². The number of aliphatic imine (C=N–C) groups is 1. The number of nitrogens with two attached hydrogens (primary N) is 1. The molecule has 0 radical (unpaired) electrons. The van der Waals surface area contributed by atoms with Gasteiger partial charge in [-0.05, 0) is 47.5 Å². The van der Waals surface area contributed by atoms with Crippen LogP contribution >= 0.6 is 0 Å². The molecule has 0 amide bonds. The van der Waals surface area contributed by atoms with Gasteiger partial charge in [-0.15, -0.1) is 0 Å². The Hall–Kier alpha value is -3.47. The molecule has 27 heavy (non-hydrogen) atoms. The molecule has 0 atom stereocenters. The molecular weight excluding hydrogens is 338 g/mol. The third-order valence-electron chi connectivity index (χ3n) is 3.94. The van der Waals surface area contributed by atoms with Crippen molar-refractivity contribution in [3.8, 4) is 11.5 Å². The van der Waals surface area contributed by atoms with E-state index in [4.69, 9.17) is 15.2 Å². The number of nitrogens with zero attached hydrogens (tertiary/aromatic N) is 1. The summed E-state index contributed by atoms with van der Waals surface area (Å²) in [7, 11) is 1.63. The van der Waals surface area contributed by atoms with E-state index in [0.717, 1.165) is 28.3 Å². The van der Waals surface area contributed by atoms with Gasteiger partial charge < -0.3 is 20.5 Å². The highest BCUT2D eigenvalue weighted by atomic mass is 16.5. The standard InChI is InChI=1S/C22H23N3O2/c1-26-20-12-10-19(11-13-20)25-22(23)24-15-18-8-5-9-21(14-18)27-16-17-6-3-2-4-7-17/h2-14H,15-16H2,1H3,(H3,23,24,25). The van der Waals surface area contributed by atoms with Crippen molar-refractivity contribution in [1.29, 1.82) is 0 Å². The first-order valence-corrected chi connectivity index (χ1v) is 8.69. The molecule has 3 rings (SSSR count). The Bertz CT molecular complexity index is 878. The number of benzene rings is 3. The average Bonchev–Trinajstić information content (AvgIpc) is 2.72. The molecule has 0 aliphatic heterocycles. The molecular formula is C22H23N3O2. The van der Waals surface area contributed by atoms with E-state index < -0.39 is 0 Å². The summed E-state index contributed by atoms with van der Waals surface area (Å²) in [5, 5.41) is 3.07. The van der Waals surface area contributed by atoms with Gasteiger partial charge in [0.2, 0.25) is 0 Å². The second kappa shape index (κ2) is 9.29. The smallest absolute Gasteiger partial charge is 0.193 e. The zero-order valence-corrected chi connectivity index (χ0v) is 15.3. The summed E-state index contributed by atoms with van der Waals surface area (Å²) in [6.07, 6.45) is 0. The maximum Gasteiger partial charge on any atom is 0.193 e. The van der Waals surface area contributed by atoms with Gasteiger partial charge in [0.1, 0.15) is 18.1 Å². The molecule has 0 unspecified atom stereocenters. The minimum absolute atomic E-state index is 0.357. The van der Waals surface area contributed by atoms with Gasteiger partial charge in [-0.25, -0.2) is 4.99 Å². The summed E-state index contributed by atoms with van der Waals surface area (Å²) in [6.45, 7) is 1.01. The van der Waals surface area contributed by atoms with E-state index in [1.54, 1.807) is 7.11 Å². The largest absolute Gasteiger partial charge is 0.497 e. The molecule has 3 N–H and O–H groups in total. The molecule has 5 heteroatoms. The molecule has 0 aliphatic rings. The van der Waals surface area contributed by atoms with Crippen molar-refractivity contribution in [3.05, 3.63) is 90.0 Å². The van der Waals surface area contributed by atoms with Crippen molar-refractivity contribution in [2.24, 2.45) is 10.7 Å². The number of rotatable bonds is 7. The summed E-state index contributed by atoms with van der Waals surface area (Å²) >= 11 is 0. The van der Waals surface area contributed by atoms with Crippen LogP contribution < -0.4 is 20.5 Å². The van der Waals surface area contributed by atoms with Crippen LogP contribution in [0.2, 0.25) is 0 Å². The van der Waals surface area contributed by atoms with E-state index in [9.17, 15) is 0 Å². The molecule has 138 valence electrons. The third kappa shape index (κ3) is 5.78. The van der Waals surface area contributed by atoms with Gasteiger partial charge in [-0.3, -0.25) is 0 Å². The molecule has 0 aliphatic carbocycles. The van der Waals surface area contributed by atoms with Crippen LogP contribution in [0.25, 0.3) is 0 Å². The lowest BCUT2D eigenvalue weighted by Gasteiger charge is -2.08. The molecule has 3 aromatic carbocycles. The second-order valence-electron chi connectivity index (χ2n) is 5.98. The number of methoxy groups -OCH3 is 1. The molecule has 0 saturated carbocycles. The minimum atomic E-state index is 0.357. The number of ether oxygens (including phenoxy) is 2. The zero-order valence-electron chi connectivity index (χ0n) is 15.3. The monoisotopic (exact) mass is 361 g/mol. The van der Waals surface area contributed by atoms with E-state index in [1.165, 1.54) is 0 Å². The fourth-order valence-corrected chi connectivity index (χ4v) is 2.51. The first-order chi connectivity index (χ1) is 13.2.